The molecule has 2 fully saturated rings. The minimum absolute atomic E-state index is 0.303. The van der Waals surface area contributed by atoms with E-state index in [2.05, 4.69) is 44.1 Å². The summed E-state index contributed by atoms with van der Waals surface area (Å²) in [4.78, 5) is 0. The summed E-state index contributed by atoms with van der Waals surface area (Å²) < 4.78 is 6.54. The molecule has 1 aromatic heterocycles. The summed E-state index contributed by atoms with van der Waals surface area (Å²) >= 11 is 0. The molecule has 3 rings (SSSR count). The molecule has 0 radical (unpaired) electrons. The minimum Gasteiger partial charge on any atom is -0.414 e. The molecule has 0 bridgehead atoms. The lowest BCUT2D eigenvalue weighted by atomic mass is 10.1. The van der Waals surface area contributed by atoms with Crippen molar-refractivity contribution in [3.05, 3.63) is 11.8 Å². The number of H-pyrrole nitrogens is 1. The van der Waals surface area contributed by atoms with Gasteiger partial charge in [0, 0.05) is 23.8 Å². The average molecular weight is 293 g/mol. The lowest BCUT2D eigenvalue weighted by molar-refractivity contribution is 0.171. The van der Waals surface area contributed by atoms with Gasteiger partial charge in [-0.2, -0.15) is 5.10 Å². The fourth-order valence-corrected chi connectivity index (χ4v) is 4.85. The van der Waals surface area contributed by atoms with Crippen LogP contribution in [0.3, 0.4) is 0 Å². The van der Waals surface area contributed by atoms with Gasteiger partial charge < -0.3 is 10.2 Å². The Morgan fingerprint density at radius 3 is 2.35 bits per heavy atom. The van der Waals surface area contributed by atoms with Crippen molar-refractivity contribution in [3.63, 3.8) is 0 Å². The number of fused-ring (bicyclic) bond motifs is 1. The van der Waals surface area contributed by atoms with Crippen molar-refractivity contribution in [2.24, 2.45) is 11.8 Å². The van der Waals surface area contributed by atoms with Crippen molar-refractivity contribution < 1.29 is 4.43 Å². The Balaban J connectivity index is 1.57. The first-order chi connectivity index (χ1) is 9.19. The average Bonchev–Trinajstić information content (AvgIpc) is 2.69. The highest BCUT2D eigenvalue weighted by Crippen LogP contribution is 2.63. The van der Waals surface area contributed by atoms with Gasteiger partial charge in [0.05, 0.1) is 0 Å². The van der Waals surface area contributed by atoms with Crippen molar-refractivity contribution in [1.29, 1.82) is 0 Å². The number of aromatic nitrogens is 2. The zero-order valence-electron chi connectivity index (χ0n) is 13.2. The molecule has 0 aliphatic heterocycles. The second-order valence-corrected chi connectivity index (χ2v) is 12.8. The first-order valence-electron chi connectivity index (χ1n) is 7.67. The lowest BCUT2D eigenvalue weighted by Crippen LogP contribution is -2.43. The van der Waals surface area contributed by atoms with Crippen LogP contribution in [0, 0.1) is 11.8 Å². The molecule has 0 saturated heterocycles. The molecule has 2 aliphatic carbocycles. The van der Waals surface area contributed by atoms with Gasteiger partial charge in [-0.25, -0.2) is 0 Å². The number of rotatable bonds is 3. The predicted octanol–water partition coefficient (Wildman–Crippen LogP) is 3.51. The van der Waals surface area contributed by atoms with E-state index in [1.807, 2.05) is 6.07 Å². The standard InChI is InChI=1S/C15H27N3OSi/c1-15(2,3)20(4,5)19-9-6-10-11(7-9)14(10)12-8-13(16)18-17-12/h8-11,14H,6-7H2,1-5H3,(H3,16,17,18). The van der Waals surface area contributed by atoms with Crippen LogP contribution in [0.2, 0.25) is 18.1 Å². The topological polar surface area (TPSA) is 63.9 Å². The molecule has 1 aromatic rings. The Morgan fingerprint density at radius 2 is 1.90 bits per heavy atom. The summed E-state index contributed by atoms with van der Waals surface area (Å²) in [6.07, 6.45) is 2.89. The second-order valence-electron chi connectivity index (χ2n) is 8.07. The third-order valence-electron chi connectivity index (χ3n) is 5.65. The summed E-state index contributed by atoms with van der Waals surface area (Å²) in [5.41, 5.74) is 6.92. The molecule has 3 N–H and O–H groups in total. The number of anilines is 1. The van der Waals surface area contributed by atoms with E-state index >= 15 is 0 Å². The molecule has 2 aliphatic rings. The normalized spacial score (nSPS) is 33.2. The van der Waals surface area contributed by atoms with E-state index in [1.165, 1.54) is 18.5 Å². The second kappa shape index (κ2) is 4.34. The van der Waals surface area contributed by atoms with Gasteiger partial charge in [-0.05, 0) is 42.8 Å². The maximum Gasteiger partial charge on any atom is 0.192 e. The number of nitrogens with zero attached hydrogens (tertiary/aromatic N) is 1. The summed E-state index contributed by atoms with van der Waals surface area (Å²) in [6, 6.07) is 1.99. The number of nitrogens with one attached hydrogen (secondary N) is 1. The van der Waals surface area contributed by atoms with Crippen LogP contribution in [0.25, 0.3) is 0 Å². The number of nitrogen functional groups attached to an aromatic ring is 1. The quantitative estimate of drug-likeness (QED) is 0.838. The van der Waals surface area contributed by atoms with Gasteiger partial charge in [-0.3, -0.25) is 5.10 Å². The monoisotopic (exact) mass is 293 g/mol. The van der Waals surface area contributed by atoms with Crippen molar-refractivity contribution >= 4 is 14.1 Å². The molecule has 2 atom stereocenters. The van der Waals surface area contributed by atoms with Crippen LogP contribution in [0.15, 0.2) is 6.07 Å². The minimum atomic E-state index is -1.62. The van der Waals surface area contributed by atoms with Crippen LogP contribution >= 0.6 is 0 Å². The first-order valence-corrected chi connectivity index (χ1v) is 10.6. The molecule has 2 unspecified atom stereocenters. The highest BCUT2D eigenvalue weighted by Gasteiger charge is 2.58. The number of aromatic amines is 1. The Bertz CT molecular complexity index is 493. The molecule has 0 aromatic carbocycles. The van der Waals surface area contributed by atoms with E-state index in [4.69, 9.17) is 10.2 Å². The van der Waals surface area contributed by atoms with E-state index in [9.17, 15) is 0 Å². The van der Waals surface area contributed by atoms with Gasteiger partial charge in [0.1, 0.15) is 5.82 Å². The summed E-state index contributed by atoms with van der Waals surface area (Å²) in [7, 11) is -1.62. The zero-order chi connectivity index (χ0) is 14.7. The van der Waals surface area contributed by atoms with Crippen LogP contribution < -0.4 is 5.73 Å². The molecule has 4 nitrogen and oxygen atoms in total. The van der Waals surface area contributed by atoms with E-state index in [1.54, 1.807) is 0 Å². The van der Waals surface area contributed by atoms with Crippen LogP contribution in [0.1, 0.15) is 45.2 Å². The maximum atomic E-state index is 6.54. The fourth-order valence-electron chi connectivity index (χ4n) is 3.47. The van der Waals surface area contributed by atoms with Gasteiger partial charge in [0.15, 0.2) is 8.32 Å². The van der Waals surface area contributed by atoms with Crippen LogP contribution in [-0.4, -0.2) is 24.6 Å². The number of nitrogens with two attached hydrogens (primary N) is 1. The van der Waals surface area contributed by atoms with E-state index in [0.29, 0.717) is 22.9 Å². The zero-order valence-corrected chi connectivity index (χ0v) is 14.2. The Kier molecular flexibility index (Phi) is 3.07. The number of hydrogen-bond acceptors (Lipinski definition) is 3. The van der Waals surface area contributed by atoms with Crippen molar-refractivity contribution in [3.8, 4) is 0 Å². The van der Waals surface area contributed by atoms with Gasteiger partial charge in [0.2, 0.25) is 0 Å². The van der Waals surface area contributed by atoms with Crippen LogP contribution in [0.4, 0.5) is 5.82 Å². The Labute approximate surface area is 122 Å². The van der Waals surface area contributed by atoms with Crippen LogP contribution in [0.5, 0.6) is 0 Å². The molecule has 0 spiro atoms. The fraction of sp³-hybridized carbons (Fsp3) is 0.800. The molecule has 1 heterocycles. The van der Waals surface area contributed by atoms with Gasteiger partial charge in [-0.15, -0.1) is 0 Å². The molecule has 5 heteroatoms. The van der Waals surface area contributed by atoms with Gasteiger partial charge >= 0.3 is 0 Å². The van der Waals surface area contributed by atoms with E-state index in [-0.39, 0.29) is 0 Å². The summed E-state index contributed by atoms with van der Waals surface area (Å²) in [6.45, 7) is 11.6. The number of hydrogen-bond donors (Lipinski definition) is 2. The van der Waals surface area contributed by atoms with E-state index in [0.717, 1.165) is 11.8 Å². The van der Waals surface area contributed by atoms with Crippen LogP contribution in [-0.2, 0) is 4.43 Å². The highest BCUT2D eigenvalue weighted by atomic mass is 28.4. The molecule has 112 valence electrons. The maximum absolute atomic E-state index is 6.54. The molecular formula is C15H27N3OSi. The highest BCUT2D eigenvalue weighted by molar-refractivity contribution is 6.74. The molecule has 0 amide bonds. The third-order valence-corrected chi connectivity index (χ3v) is 10.2. The predicted molar refractivity (Wildman–Crippen MR) is 84.0 cm³/mol. The van der Waals surface area contributed by atoms with Crippen molar-refractivity contribution in [1.82, 2.24) is 10.2 Å². The molecule has 2 saturated carbocycles. The first kappa shape index (κ1) is 14.1. The summed E-state index contributed by atoms with van der Waals surface area (Å²) in [5.74, 6) is 2.83. The SMILES string of the molecule is CC(C)(C)[Si](C)(C)OC1CC2C(C1)C2c1cc(N)n[nH]1. The molecular weight excluding hydrogens is 266 g/mol. The summed E-state index contributed by atoms with van der Waals surface area (Å²) in [5, 5.41) is 7.42. The van der Waals surface area contributed by atoms with E-state index < -0.39 is 8.32 Å². The van der Waals surface area contributed by atoms with Crippen molar-refractivity contribution in [2.45, 2.75) is 63.8 Å². The van der Waals surface area contributed by atoms with Gasteiger partial charge in [-0.1, -0.05) is 20.8 Å². The largest absolute Gasteiger partial charge is 0.414 e. The Hall–Kier alpha value is -0.813. The smallest absolute Gasteiger partial charge is 0.192 e. The lowest BCUT2D eigenvalue weighted by Gasteiger charge is -2.39. The van der Waals surface area contributed by atoms with Gasteiger partial charge in [0.25, 0.3) is 0 Å². The Morgan fingerprint density at radius 1 is 1.30 bits per heavy atom. The van der Waals surface area contributed by atoms with Crippen molar-refractivity contribution in [2.75, 3.05) is 5.73 Å². The third kappa shape index (κ3) is 2.31. The molecule has 20 heavy (non-hydrogen) atoms.